The van der Waals surface area contributed by atoms with Gasteiger partial charge in [0, 0.05) is 17.5 Å². The molecule has 6 nitrogen and oxygen atoms in total. The second kappa shape index (κ2) is 7.17. The van der Waals surface area contributed by atoms with Gasteiger partial charge in [-0.15, -0.1) is 0 Å². The molecule has 0 aliphatic carbocycles. The minimum atomic E-state index is -0.946. The average Bonchev–Trinajstić information content (AvgIpc) is 2.81. The molecule has 6 heteroatoms. The topological polar surface area (TPSA) is 91.6 Å². The molecular formula is C17H22N2O4. The molecule has 1 atom stereocenters. The number of benzene rings is 1. The maximum atomic E-state index is 12.0. The quantitative estimate of drug-likeness (QED) is 0.762. The first-order chi connectivity index (χ1) is 10.9. The zero-order valence-electron chi connectivity index (χ0n) is 13.6. The maximum Gasteiger partial charge on any atom is 0.315 e. The zero-order valence-corrected chi connectivity index (χ0v) is 13.6. The molecule has 1 unspecified atom stereocenters. The minimum absolute atomic E-state index is 0.0884. The normalized spacial score (nSPS) is 12.3. The lowest BCUT2D eigenvalue weighted by molar-refractivity contribution is -0.136. The zero-order chi connectivity index (χ0) is 17.0. The lowest BCUT2D eigenvalue weighted by Crippen LogP contribution is -2.40. The van der Waals surface area contributed by atoms with E-state index in [1.54, 1.807) is 0 Å². The Morgan fingerprint density at radius 3 is 2.57 bits per heavy atom. The highest BCUT2D eigenvalue weighted by atomic mass is 16.4. The van der Waals surface area contributed by atoms with Crippen molar-refractivity contribution >= 4 is 23.0 Å². The number of carbonyl (C=O) groups excluding carboxylic acids is 1. The number of carboxylic acids is 1. The number of aryl methyl sites for hydroxylation is 1. The van der Waals surface area contributed by atoms with Gasteiger partial charge < -0.3 is 20.2 Å². The summed E-state index contributed by atoms with van der Waals surface area (Å²) in [7, 11) is 0. The second-order valence-corrected chi connectivity index (χ2v) is 5.85. The molecule has 0 spiro atoms. The summed E-state index contributed by atoms with van der Waals surface area (Å²) < 4.78 is 5.93. The van der Waals surface area contributed by atoms with Crippen molar-refractivity contribution in [3.8, 4) is 0 Å². The van der Waals surface area contributed by atoms with E-state index in [-0.39, 0.29) is 24.9 Å². The van der Waals surface area contributed by atoms with Crippen molar-refractivity contribution in [2.45, 2.75) is 33.2 Å². The van der Waals surface area contributed by atoms with E-state index in [0.717, 1.165) is 22.3 Å². The van der Waals surface area contributed by atoms with Gasteiger partial charge in [-0.25, -0.2) is 4.79 Å². The van der Waals surface area contributed by atoms with E-state index < -0.39 is 12.0 Å². The van der Waals surface area contributed by atoms with Crippen molar-refractivity contribution in [3.63, 3.8) is 0 Å². The molecule has 1 heterocycles. The van der Waals surface area contributed by atoms with Crippen LogP contribution in [0.25, 0.3) is 11.0 Å². The van der Waals surface area contributed by atoms with Crippen LogP contribution in [0.4, 0.5) is 4.79 Å². The summed E-state index contributed by atoms with van der Waals surface area (Å²) in [6.45, 7) is 6.05. The van der Waals surface area contributed by atoms with Crippen LogP contribution >= 0.6 is 0 Å². The Morgan fingerprint density at radius 2 is 1.96 bits per heavy atom. The molecule has 1 aromatic heterocycles. The number of aliphatic carboxylic acids is 1. The average molecular weight is 318 g/mol. The molecular weight excluding hydrogens is 296 g/mol. The van der Waals surface area contributed by atoms with Crippen LogP contribution in [0.2, 0.25) is 0 Å². The van der Waals surface area contributed by atoms with Crippen molar-refractivity contribution in [2.75, 3.05) is 6.54 Å². The largest absolute Gasteiger partial charge is 0.481 e. The number of nitrogens with one attached hydrogen (secondary N) is 2. The highest BCUT2D eigenvalue weighted by Crippen LogP contribution is 2.32. The fourth-order valence-electron chi connectivity index (χ4n) is 2.50. The summed E-state index contributed by atoms with van der Waals surface area (Å²) in [5.41, 5.74) is 1.80. The van der Waals surface area contributed by atoms with Crippen molar-refractivity contribution in [2.24, 2.45) is 5.92 Å². The van der Waals surface area contributed by atoms with E-state index >= 15 is 0 Å². The van der Waals surface area contributed by atoms with Crippen LogP contribution in [0.3, 0.4) is 0 Å². The molecule has 0 radical (unpaired) electrons. The van der Waals surface area contributed by atoms with Crippen LogP contribution < -0.4 is 10.6 Å². The van der Waals surface area contributed by atoms with Crippen molar-refractivity contribution in [3.05, 3.63) is 35.6 Å². The number of carboxylic acid groups (broad SMARTS) is 1. The molecule has 0 aliphatic rings. The van der Waals surface area contributed by atoms with Crippen LogP contribution in [0, 0.1) is 12.8 Å². The SMILES string of the molecule is Cc1c(C(NC(=O)NCCC(=O)O)C(C)C)oc2ccccc12. The number of hydrogen-bond acceptors (Lipinski definition) is 3. The molecule has 0 saturated heterocycles. The van der Waals surface area contributed by atoms with Gasteiger partial charge in [0.2, 0.25) is 0 Å². The van der Waals surface area contributed by atoms with E-state index in [1.807, 2.05) is 45.0 Å². The molecule has 124 valence electrons. The minimum Gasteiger partial charge on any atom is -0.481 e. The van der Waals surface area contributed by atoms with E-state index in [2.05, 4.69) is 10.6 Å². The van der Waals surface area contributed by atoms with E-state index in [4.69, 9.17) is 9.52 Å². The van der Waals surface area contributed by atoms with Gasteiger partial charge >= 0.3 is 12.0 Å². The summed E-state index contributed by atoms with van der Waals surface area (Å²) in [6, 6.07) is 7.06. The lowest BCUT2D eigenvalue weighted by Gasteiger charge is -2.21. The number of amides is 2. The van der Waals surface area contributed by atoms with Gasteiger partial charge in [-0.05, 0) is 18.9 Å². The monoisotopic (exact) mass is 318 g/mol. The third-order valence-electron chi connectivity index (χ3n) is 3.74. The van der Waals surface area contributed by atoms with E-state index in [0.29, 0.717) is 0 Å². The van der Waals surface area contributed by atoms with Gasteiger partial charge in [-0.2, -0.15) is 0 Å². The molecule has 0 aliphatic heterocycles. The van der Waals surface area contributed by atoms with Crippen LogP contribution in [-0.2, 0) is 4.79 Å². The number of fused-ring (bicyclic) bond motifs is 1. The van der Waals surface area contributed by atoms with Crippen LogP contribution in [0.5, 0.6) is 0 Å². The highest BCUT2D eigenvalue weighted by molar-refractivity contribution is 5.82. The fourth-order valence-corrected chi connectivity index (χ4v) is 2.50. The summed E-state index contributed by atoms with van der Waals surface area (Å²) >= 11 is 0. The molecule has 2 amide bonds. The Balaban J connectivity index is 2.15. The summed E-state index contributed by atoms with van der Waals surface area (Å²) in [6.07, 6.45) is -0.108. The summed E-state index contributed by atoms with van der Waals surface area (Å²) in [4.78, 5) is 22.5. The third kappa shape index (κ3) is 4.03. The van der Waals surface area contributed by atoms with Gasteiger partial charge in [0.1, 0.15) is 11.3 Å². The van der Waals surface area contributed by atoms with Crippen molar-refractivity contribution in [1.29, 1.82) is 0 Å². The molecule has 0 bridgehead atoms. The first-order valence-corrected chi connectivity index (χ1v) is 7.64. The number of urea groups is 1. The molecule has 1 aromatic carbocycles. The van der Waals surface area contributed by atoms with Crippen LogP contribution in [-0.4, -0.2) is 23.7 Å². The Hall–Kier alpha value is -2.50. The Bertz CT molecular complexity index is 706. The molecule has 0 saturated carbocycles. The summed E-state index contributed by atoms with van der Waals surface area (Å²) in [5, 5.41) is 15.1. The number of hydrogen-bond donors (Lipinski definition) is 3. The lowest BCUT2D eigenvalue weighted by atomic mass is 9.98. The number of rotatable bonds is 6. The van der Waals surface area contributed by atoms with Gasteiger partial charge in [-0.1, -0.05) is 32.0 Å². The molecule has 23 heavy (non-hydrogen) atoms. The van der Waals surface area contributed by atoms with Gasteiger partial charge in [-0.3, -0.25) is 4.79 Å². The number of carbonyl (C=O) groups is 2. The predicted molar refractivity (Wildman–Crippen MR) is 87.3 cm³/mol. The van der Waals surface area contributed by atoms with Crippen LogP contribution in [0.15, 0.2) is 28.7 Å². The third-order valence-corrected chi connectivity index (χ3v) is 3.74. The van der Waals surface area contributed by atoms with E-state index in [1.165, 1.54) is 0 Å². The Kier molecular flexibility index (Phi) is 5.26. The van der Waals surface area contributed by atoms with Gasteiger partial charge in [0.25, 0.3) is 0 Å². The molecule has 0 fully saturated rings. The Labute approximate surface area is 134 Å². The second-order valence-electron chi connectivity index (χ2n) is 5.85. The predicted octanol–water partition coefficient (Wildman–Crippen LogP) is 3.21. The van der Waals surface area contributed by atoms with Gasteiger partial charge in [0.05, 0.1) is 12.5 Å². The highest BCUT2D eigenvalue weighted by Gasteiger charge is 2.25. The molecule has 2 aromatic rings. The fraction of sp³-hybridized carbons (Fsp3) is 0.412. The smallest absolute Gasteiger partial charge is 0.315 e. The first-order valence-electron chi connectivity index (χ1n) is 7.64. The van der Waals surface area contributed by atoms with Crippen molar-refractivity contribution < 1.29 is 19.1 Å². The van der Waals surface area contributed by atoms with Crippen LogP contribution in [0.1, 0.15) is 37.6 Å². The number of furan rings is 1. The Morgan fingerprint density at radius 1 is 1.26 bits per heavy atom. The number of para-hydroxylation sites is 1. The standard InChI is InChI=1S/C17H22N2O4/c1-10(2)15(19-17(22)18-9-8-14(20)21)16-11(3)12-6-4-5-7-13(12)23-16/h4-7,10,15H,8-9H2,1-3H3,(H,20,21)(H2,18,19,22). The summed E-state index contributed by atoms with van der Waals surface area (Å²) in [5.74, 6) is -0.0899. The maximum absolute atomic E-state index is 12.0. The van der Waals surface area contributed by atoms with Crippen molar-refractivity contribution in [1.82, 2.24) is 10.6 Å². The van der Waals surface area contributed by atoms with E-state index in [9.17, 15) is 9.59 Å². The molecule has 2 rings (SSSR count). The first kappa shape index (κ1) is 16.9. The molecule has 3 N–H and O–H groups in total. The van der Waals surface area contributed by atoms with Gasteiger partial charge in [0.15, 0.2) is 0 Å².